The van der Waals surface area contributed by atoms with E-state index in [9.17, 15) is 0 Å². The van der Waals surface area contributed by atoms with Gasteiger partial charge in [-0.1, -0.05) is 23.7 Å². The third kappa shape index (κ3) is 4.61. The summed E-state index contributed by atoms with van der Waals surface area (Å²) in [6.07, 6.45) is 0.556. The molecule has 1 aromatic carbocycles. The van der Waals surface area contributed by atoms with Crippen molar-refractivity contribution in [1.82, 2.24) is 5.32 Å². The van der Waals surface area contributed by atoms with Gasteiger partial charge in [-0.15, -0.1) is 0 Å². The molecule has 2 N–H and O–H groups in total. The molecule has 1 atom stereocenters. The molecular formula is C11H16ClNO. The van der Waals surface area contributed by atoms with Crippen LogP contribution in [0.3, 0.4) is 0 Å². The smallest absolute Gasteiger partial charge is 0.0524 e. The zero-order valence-electron chi connectivity index (χ0n) is 8.33. The molecule has 0 saturated carbocycles. The lowest BCUT2D eigenvalue weighted by atomic mass is 10.2. The summed E-state index contributed by atoms with van der Waals surface area (Å²) in [5, 5.41) is 13.0. The third-order valence-electron chi connectivity index (χ3n) is 1.98. The standard InChI is InChI=1S/C11H16ClNO/c1-9(14)6-7-13-8-10-2-4-11(12)5-3-10/h2-5,9,13-14H,6-8H2,1H3. The van der Waals surface area contributed by atoms with Crippen LogP contribution in [0.15, 0.2) is 24.3 Å². The Bertz CT molecular complexity index is 258. The lowest BCUT2D eigenvalue weighted by molar-refractivity contribution is 0.183. The second kappa shape index (κ2) is 6.02. The normalized spacial score (nSPS) is 12.8. The average molecular weight is 214 g/mol. The maximum Gasteiger partial charge on any atom is 0.0524 e. The second-order valence-corrected chi connectivity index (χ2v) is 3.88. The minimum Gasteiger partial charge on any atom is -0.393 e. The Morgan fingerprint density at radius 1 is 1.36 bits per heavy atom. The summed E-state index contributed by atoms with van der Waals surface area (Å²) >= 11 is 5.76. The lowest BCUT2D eigenvalue weighted by Crippen LogP contribution is -2.18. The third-order valence-corrected chi connectivity index (χ3v) is 2.23. The molecule has 1 rings (SSSR count). The van der Waals surface area contributed by atoms with E-state index in [1.54, 1.807) is 6.92 Å². The fourth-order valence-electron chi connectivity index (χ4n) is 1.15. The van der Waals surface area contributed by atoms with Gasteiger partial charge in [-0.25, -0.2) is 0 Å². The molecule has 0 radical (unpaired) electrons. The molecule has 0 aliphatic heterocycles. The maximum absolute atomic E-state index is 9.03. The molecule has 2 nitrogen and oxygen atoms in total. The van der Waals surface area contributed by atoms with Crippen LogP contribution >= 0.6 is 11.6 Å². The highest BCUT2D eigenvalue weighted by Crippen LogP contribution is 2.08. The van der Waals surface area contributed by atoms with Crippen LogP contribution in [-0.4, -0.2) is 17.8 Å². The van der Waals surface area contributed by atoms with E-state index in [1.807, 2.05) is 24.3 Å². The minimum absolute atomic E-state index is 0.229. The van der Waals surface area contributed by atoms with Gasteiger partial charge in [0.1, 0.15) is 0 Å². The number of aliphatic hydroxyl groups is 1. The van der Waals surface area contributed by atoms with Crippen molar-refractivity contribution in [3.05, 3.63) is 34.9 Å². The van der Waals surface area contributed by atoms with Crippen molar-refractivity contribution in [2.75, 3.05) is 6.54 Å². The Morgan fingerprint density at radius 3 is 2.57 bits per heavy atom. The van der Waals surface area contributed by atoms with Crippen molar-refractivity contribution >= 4 is 11.6 Å². The van der Waals surface area contributed by atoms with Crippen molar-refractivity contribution in [2.24, 2.45) is 0 Å². The molecule has 1 aromatic rings. The van der Waals surface area contributed by atoms with E-state index in [2.05, 4.69) is 5.32 Å². The molecule has 0 bridgehead atoms. The summed E-state index contributed by atoms with van der Waals surface area (Å²) in [5.74, 6) is 0. The summed E-state index contributed by atoms with van der Waals surface area (Å²) in [7, 11) is 0. The van der Waals surface area contributed by atoms with Crippen LogP contribution in [0, 0.1) is 0 Å². The van der Waals surface area contributed by atoms with E-state index in [0.717, 1.165) is 24.5 Å². The SMILES string of the molecule is CC(O)CCNCc1ccc(Cl)cc1. The van der Waals surface area contributed by atoms with Gasteiger partial charge in [0.25, 0.3) is 0 Å². The van der Waals surface area contributed by atoms with Crippen molar-refractivity contribution in [1.29, 1.82) is 0 Å². The Balaban J connectivity index is 2.21. The van der Waals surface area contributed by atoms with Gasteiger partial charge >= 0.3 is 0 Å². The summed E-state index contributed by atoms with van der Waals surface area (Å²) in [6, 6.07) is 7.76. The topological polar surface area (TPSA) is 32.3 Å². The highest BCUT2D eigenvalue weighted by atomic mass is 35.5. The van der Waals surface area contributed by atoms with Gasteiger partial charge in [0.2, 0.25) is 0 Å². The minimum atomic E-state index is -0.229. The highest BCUT2D eigenvalue weighted by Gasteiger charge is 1.95. The Morgan fingerprint density at radius 2 is 2.00 bits per heavy atom. The summed E-state index contributed by atoms with van der Waals surface area (Å²) < 4.78 is 0. The lowest BCUT2D eigenvalue weighted by Gasteiger charge is -2.06. The van der Waals surface area contributed by atoms with Crippen molar-refractivity contribution in [2.45, 2.75) is 26.0 Å². The summed E-state index contributed by atoms with van der Waals surface area (Å²) in [4.78, 5) is 0. The predicted octanol–water partition coefficient (Wildman–Crippen LogP) is 2.20. The molecule has 0 aliphatic carbocycles. The quantitative estimate of drug-likeness (QED) is 0.736. The number of halogens is 1. The number of nitrogens with one attached hydrogen (secondary N) is 1. The van der Waals surface area contributed by atoms with Crippen molar-refractivity contribution in [3.8, 4) is 0 Å². The predicted molar refractivity (Wildman–Crippen MR) is 59.5 cm³/mol. The molecule has 0 amide bonds. The molecule has 78 valence electrons. The molecule has 0 spiro atoms. The van der Waals surface area contributed by atoms with Gasteiger partial charge in [0.15, 0.2) is 0 Å². The monoisotopic (exact) mass is 213 g/mol. The first kappa shape index (κ1) is 11.5. The van der Waals surface area contributed by atoms with Gasteiger partial charge in [-0.05, 0) is 37.6 Å². The first-order chi connectivity index (χ1) is 6.68. The first-order valence-electron chi connectivity index (χ1n) is 4.81. The first-order valence-corrected chi connectivity index (χ1v) is 5.19. The summed E-state index contributed by atoms with van der Waals surface area (Å²) in [6.45, 7) is 3.45. The molecule has 0 heterocycles. The molecular weight excluding hydrogens is 198 g/mol. The zero-order valence-corrected chi connectivity index (χ0v) is 9.09. The van der Waals surface area contributed by atoms with E-state index in [1.165, 1.54) is 5.56 Å². The van der Waals surface area contributed by atoms with E-state index < -0.39 is 0 Å². The van der Waals surface area contributed by atoms with E-state index in [4.69, 9.17) is 16.7 Å². The summed E-state index contributed by atoms with van der Waals surface area (Å²) in [5.41, 5.74) is 1.21. The van der Waals surface area contributed by atoms with Gasteiger partial charge in [0, 0.05) is 11.6 Å². The van der Waals surface area contributed by atoms with Crippen molar-refractivity contribution in [3.63, 3.8) is 0 Å². The molecule has 3 heteroatoms. The number of hydrogen-bond acceptors (Lipinski definition) is 2. The van der Waals surface area contributed by atoms with Crippen LogP contribution in [0.2, 0.25) is 5.02 Å². The van der Waals surface area contributed by atoms with E-state index in [0.29, 0.717) is 0 Å². The van der Waals surface area contributed by atoms with Crippen molar-refractivity contribution < 1.29 is 5.11 Å². The zero-order chi connectivity index (χ0) is 10.4. The molecule has 1 unspecified atom stereocenters. The largest absolute Gasteiger partial charge is 0.393 e. The molecule has 0 aliphatic rings. The average Bonchev–Trinajstić information content (AvgIpc) is 2.15. The van der Waals surface area contributed by atoms with Crippen LogP contribution in [-0.2, 0) is 6.54 Å². The van der Waals surface area contributed by atoms with Crippen LogP contribution in [0.1, 0.15) is 18.9 Å². The number of aliphatic hydroxyl groups excluding tert-OH is 1. The van der Waals surface area contributed by atoms with Gasteiger partial charge in [0.05, 0.1) is 6.10 Å². The Labute approximate surface area is 89.9 Å². The number of benzene rings is 1. The van der Waals surface area contributed by atoms with Crippen LogP contribution < -0.4 is 5.32 Å². The van der Waals surface area contributed by atoms with E-state index >= 15 is 0 Å². The number of hydrogen-bond donors (Lipinski definition) is 2. The van der Waals surface area contributed by atoms with Crippen LogP contribution in [0.5, 0.6) is 0 Å². The Kier molecular flexibility index (Phi) is 4.94. The fraction of sp³-hybridized carbons (Fsp3) is 0.455. The molecule has 14 heavy (non-hydrogen) atoms. The van der Waals surface area contributed by atoms with Crippen LogP contribution in [0.4, 0.5) is 0 Å². The van der Waals surface area contributed by atoms with Gasteiger partial charge in [-0.2, -0.15) is 0 Å². The van der Waals surface area contributed by atoms with Gasteiger partial charge in [-0.3, -0.25) is 0 Å². The maximum atomic E-state index is 9.03. The second-order valence-electron chi connectivity index (χ2n) is 3.44. The number of rotatable bonds is 5. The fourth-order valence-corrected chi connectivity index (χ4v) is 1.27. The Hall–Kier alpha value is -0.570. The molecule has 0 saturated heterocycles. The highest BCUT2D eigenvalue weighted by molar-refractivity contribution is 6.30. The van der Waals surface area contributed by atoms with Crippen LogP contribution in [0.25, 0.3) is 0 Å². The molecule has 0 aromatic heterocycles. The van der Waals surface area contributed by atoms with E-state index in [-0.39, 0.29) is 6.10 Å². The van der Waals surface area contributed by atoms with Gasteiger partial charge < -0.3 is 10.4 Å². The molecule has 0 fully saturated rings.